The number of nitriles is 1. The first-order valence-corrected chi connectivity index (χ1v) is 9.95. The molecule has 1 fully saturated rings. The number of rotatable bonds is 5. The van der Waals surface area contributed by atoms with Gasteiger partial charge in [0.1, 0.15) is 0 Å². The number of benzene rings is 2. The highest BCUT2D eigenvalue weighted by Crippen LogP contribution is 2.22. The molecule has 27 heavy (non-hydrogen) atoms. The molecule has 140 valence electrons. The summed E-state index contributed by atoms with van der Waals surface area (Å²) in [6.07, 6.45) is 4.35. The molecule has 2 aromatic carbocycles. The van der Waals surface area contributed by atoms with E-state index in [1.54, 1.807) is 0 Å². The van der Waals surface area contributed by atoms with E-state index < -0.39 is 0 Å². The summed E-state index contributed by atoms with van der Waals surface area (Å²) < 4.78 is 0. The van der Waals surface area contributed by atoms with Crippen molar-refractivity contribution in [2.75, 3.05) is 23.3 Å². The van der Waals surface area contributed by atoms with Crippen LogP contribution in [-0.4, -0.2) is 18.2 Å². The van der Waals surface area contributed by atoms with Gasteiger partial charge in [0.2, 0.25) is 0 Å². The second-order valence-corrected chi connectivity index (χ2v) is 7.40. The third kappa shape index (κ3) is 5.45. The SMILES string of the molecule is C[C@H](NC(=S)Nc1ccc(CC#N)cc1)c1ccc(N2CCCCC2)cc1. The summed E-state index contributed by atoms with van der Waals surface area (Å²) in [5.41, 5.74) is 4.44. The second-order valence-electron chi connectivity index (χ2n) is 6.99. The summed E-state index contributed by atoms with van der Waals surface area (Å²) in [6, 6.07) is 18.8. The number of hydrogen-bond donors (Lipinski definition) is 2. The van der Waals surface area contributed by atoms with Gasteiger partial charge in [0.15, 0.2) is 5.11 Å². The van der Waals surface area contributed by atoms with Crippen molar-refractivity contribution in [1.29, 1.82) is 5.26 Å². The van der Waals surface area contributed by atoms with Crippen molar-refractivity contribution < 1.29 is 0 Å². The van der Waals surface area contributed by atoms with Crippen LogP contribution in [0.1, 0.15) is 43.4 Å². The zero-order chi connectivity index (χ0) is 19.1. The first-order valence-electron chi connectivity index (χ1n) is 9.54. The van der Waals surface area contributed by atoms with Crippen LogP contribution in [0.2, 0.25) is 0 Å². The van der Waals surface area contributed by atoms with Crippen LogP contribution in [0.3, 0.4) is 0 Å². The molecule has 0 saturated carbocycles. The predicted octanol–water partition coefficient (Wildman–Crippen LogP) is 4.79. The summed E-state index contributed by atoms with van der Waals surface area (Å²) in [6.45, 7) is 4.43. The average Bonchev–Trinajstić information content (AvgIpc) is 2.70. The molecule has 0 bridgehead atoms. The normalized spacial score (nSPS) is 14.9. The highest BCUT2D eigenvalue weighted by Gasteiger charge is 2.12. The minimum Gasteiger partial charge on any atom is -0.372 e. The van der Waals surface area contributed by atoms with Crippen molar-refractivity contribution in [3.63, 3.8) is 0 Å². The molecule has 0 spiro atoms. The molecule has 4 nitrogen and oxygen atoms in total. The summed E-state index contributed by atoms with van der Waals surface area (Å²) in [5.74, 6) is 0. The van der Waals surface area contributed by atoms with Crippen molar-refractivity contribution >= 4 is 28.7 Å². The smallest absolute Gasteiger partial charge is 0.171 e. The van der Waals surface area contributed by atoms with Gasteiger partial charge in [-0.2, -0.15) is 5.26 Å². The maximum Gasteiger partial charge on any atom is 0.171 e. The number of anilines is 2. The third-order valence-corrected chi connectivity index (χ3v) is 5.18. The molecule has 0 amide bonds. The van der Waals surface area contributed by atoms with Crippen LogP contribution in [0, 0.1) is 11.3 Å². The summed E-state index contributed by atoms with van der Waals surface area (Å²) in [7, 11) is 0. The van der Waals surface area contributed by atoms with E-state index in [1.807, 2.05) is 24.3 Å². The molecule has 1 aliphatic rings. The van der Waals surface area contributed by atoms with Crippen molar-refractivity contribution in [1.82, 2.24) is 5.32 Å². The number of nitrogens with zero attached hydrogens (tertiary/aromatic N) is 2. The van der Waals surface area contributed by atoms with E-state index >= 15 is 0 Å². The Morgan fingerprint density at radius 3 is 2.37 bits per heavy atom. The molecule has 1 heterocycles. The average molecular weight is 379 g/mol. The number of piperidine rings is 1. The van der Waals surface area contributed by atoms with Crippen molar-refractivity contribution in [2.45, 2.75) is 38.6 Å². The van der Waals surface area contributed by atoms with E-state index in [0.29, 0.717) is 11.5 Å². The Hall–Kier alpha value is -2.58. The van der Waals surface area contributed by atoms with Gasteiger partial charge in [-0.05, 0) is 73.8 Å². The molecular formula is C22H26N4S. The zero-order valence-electron chi connectivity index (χ0n) is 15.7. The Morgan fingerprint density at radius 1 is 1.07 bits per heavy atom. The number of hydrogen-bond acceptors (Lipinski definition) is 3. The predicted molar refractivity (Wildman–Crippen MR) is 116 cm³/mol. The lowest BCUT2D eigenvalue weighted by Crippen LogP contribution is -2.31. The highest BCUT2D eigenvalue weighted by atomic mass is 32.1. The fourth-order valence-corrected chi connectivity index (χ4v) is 3.66. The molecule has 1 aliphatic heterocycles. The van der Waals surface area contributed by atoms with Gasteiger partial charge in [0, 0.05) is 24.5 Å². The quantitative estimate of drug-likeness (QED) is 0.733. The second kappa shape index (κ2) is 9.38. The molecule has 5 heteroatoms. The summed E-state index contributed by atoms with van der Waals surface area (Å²) >= 11 is 5.44. The van der Waals surface area contributed by atoms with Gasteiger partial charge in [0.05, 0.1) is 18.5 Å². The maximum absolute atomic E-state index is 8.73. The maximum atomic E-state index is 8.73. The fraction of sp³-hybridized carbons (Fsp3) is 0.364. The van der Waals surface area contributed by atoms with E-state index in [9.17, 15) is 0 Å². The van der Waals surface area contributed by atoms with Gasteiger partial charge in [-0.25, -0.2) is 0 Å². The highest BCUT2D eigenvalue weighted by molar-refractivity contribution is 7.80. The molecule has 0 aliphatic carbocycles. The van der Waals surface area contributed by atoms with E-state index in [4.69, 9.17) is 17.5 Å². The third-order valence-electron chi connectivity index (χ3n) is 4.96. The Labute approximate surface area is 167 Å². The molecule has 0 aromatic heterocycles. The van der Waals surface area contributed by atoms with Crippen LogP contribution >= 0.6 is 12.2 Å². The molecule has 2 N–H and O–H groups in total. The Morgan fingerprint density at radius 2 is 1.74 bits per heavy atom. The Kier molecular flexibility index (Phi) is 6.67. The van der Waals surface area contributed by atoms with Gasteiger partial charge in [-0.15, -0.1) is 0 Å². The van der Waals surface area contributed by atoms with E-state index in [2.05, 4.69) is 52.8 Å². The Balaban J connectivity index is 1.53. The van der Waals surface area contributed by atoms with Crippen LogP contribution < -0.4 is 15.5 Å². The van der Waals surface area contributed by atoms with Crippen LogP contribution in [-0.2, 0) is 6.42 Å². The van der Waals surface area contributed by atoms with E-state index in [1.165, 1.54) is 30.5 Å². The molecule has 3 rings (SSSR count). The summed E-state index contributed by atoms with van der Waals surface area (Å²) in [4.78, 5) is 2.47. The molecular weight excluding hydrogens is 352 g/mol. The number of nitrogens with one attached hydrogen (secondary N) is 2. The standard InChI is InChI=1S/C22H26N4S/c1-17(19-7-11-21(12-8-19)26-15-3-2-4-16-26)24-22(27)25-20-9-5-18(6-10-20)13-14-23/h5-12,17H,2-4,13,15-16H2,1H3,(H2,24,25,27)/t17-/m0/s1. The van der Waals surface area contributed by atoms with Gasteiger partial charge >= 0.3 is 0 Å². The lowest BCUT2D eigenvalue weighted by atomic mass is 10.1. The first-order chi connectivity index (χ1) is 13.2. The minimum absolute atomic E-state index is 0.123. The minimum atomic E-state index is 0.123. The van der Waals surface area contributed by atoms with Gasteiger partial charge < -0.3 is 15.5 Å². The monoisotopic (exact) mass is 378 g/mol. The van der Waals surface area contributed by atoms with Crippen LogP contribution in [0.4, 0.5) is 11.4 Å². The van der Waals surface area contributed by atoms with E-state index in [0.717, 1.165) is 24.3 Å². The first kappa shape index (κ1) is 19.2. The Bertz CT molecular complexity index is 787. The van der Waals surface area contributed by atoms with Gasteiger partial charge in [0.25, 0.3) is 0 Å². The molecule has 0 unspecified atom stereocenters. The molecule has 1 saturated heterocycles. The fourth-order valence-electron chi connectivity index (χ4n) is 3.37. The van der Waals surface area contributed by atoms with E-state index in [-0.39, 0.29) is 6.04 Å². The molecule has 0 radical (unpaired) electrons. The lowest BCUT2D eigenvalue weighted by Gasteiger charge is -2.29. The summed E-state index contributed by atoms with van der Waals surface area (Å²) in [5, 5.41) is 15.9. The van der Waals surface area contributed by atoms with Crippen LogP contribution in [0.5, 0.6) is 0 Å². The van der Waals surface area contributed by atoms with Gasteiger partial charge in [-0.1, -0.05) is 24.3 Å². The van der Waals surface area contributed by atoms with Crippen molar-refractivity contribution in [3.05, 3.63) is 59.7 Å². The number of thiocarbonyl (C=S) groups is 1. The van der Waals surface area contributed by atoms with Crippen LogP contribution in [0.15, 0.2) is 48.5 Å². The zero-order valence-corrected chi connectivity index (χ0v) is 16.6. The molecule has 2 aromatic rings. The molecule has 1 atom stereocenters. The van der Waals surface area contributed by atoms with Crippen molar-refractivity contribution in [3.8, 4) is 6.07 Å². The van der Waals surface area contributed by atoms with Crippen LogP contribution in [0.25, 0.3) is 0 Å². The largest absolute Gasteiger partial charge is 0.372 e. The topological polar surface area (TPSA) is 51.1 Å². The van der Waals surface area contributed by atoms with Crippen molar-refractivity contribution in [2.24, 2.45) is 0 Å². The van der Waals surface area contributed by atoms with Gasteiger partial charge in [-0.3, -0.25) is 0 Å². The lowest BCUT2D eigenvalue weighted by molar-refractivity contribution is 0.577.